The molecule has 0 heterocycles. The molecule has 17 heavy (non-hydrogen) atoms. The van der Waals surface area contributed by atoms with Crippen molar-refractivity contribution in [3.05, 3.63) is 35.4 Å². The summed E-state index contributed by atoms with van der Waals surface area (Å²) in [4.78, 5) is 11.6. The number of carbonyl (C=O) groups excluding carboxylic acids is 1. The topological polar surface area (TPSA) is 38.3 Å². The molecule has 1 atom stereocenters. The van der Waals surface area contributed by atoms with E-state index in [0.29, 0.717) is 5.92 Å². The van der Waals surface area contributed by atoms with Crippen LogP contribution in [0.15, 0.2) is 24.3 Å². The minimum Gasteiger partial charge on any atom is -0.468 e. The molecule has 1 aromatic carbocycles. The predicted octanol–water partition coefficient (Wildman–Crippen LogP) is 2.04. The highest BCUT2D eigenvalue weighted by molar-refractivity contribution is 5.76. The summed E-state index contributed by atoms with van der Waals surface area (Å²) < 4.78 is 4.82. The number of hydrogen-bond donors (Lipinski definition) is 1. The Morgan fingerprint density at radius 2 is 2.29 bits per heavy atom. The second-order valence-corrected chi connectivity index (χ2v) is 4.71. The smallest absolute Gasteiger partial charge is 0.323 e. The lowest BCUT2D eigenvalue weighted by Gasteiger charge is -2.15. The first-order valence-electron chi connectivity index (χ1n) is 6.07. The molecular weight excluding hydrogens is 214 g/mol. The van der Waals surface area contributed by atoms with Crippen LogP contribution in [0.25, 0.3) is 0 Å². The number of ether oxygens (including phenoxy) is 1. The van der Waals surface area contributed by atoms with Crippen molar-refractivity contribution in [3.8, 4) is 0 Å². The number of methoxy groups -OCH3 is 1. The van der Waals surface area contributed by atoms with E-state index in [-0.39, 0.29) is 12.0 Å². The number of carbonyl (C=O) groups is 1. The molecule has 0 radical (unpaired) electrons. The van der Waals surface area contributed by atoms with E-state index in [1.807, 2.05) is 6.07 Å². The largest absolute Gasteiger partial charge is 0.468 e. The molecule has 92 valence electrons. The molecule has 0 aromatic heterocycles. The summed E-state index contributed by atoms with van der Waals surface area (Å²) in [5, 5.41) is 3.30. The van der Waals surface area contributed by atoms with Crippen molar-refractivity contribution in [2.75, 3.05) is 7.11 Å². The van der Waals surface area contributed by atoms with Gasteiger partial charge < -0.3 is 10.1 Å². The third kappa shape index (κ3) is 3.30. The maximum atomic E-state index is 11.6. The van der Waals surface area contributed by atoms with Crippen LogP contribution in [0.2, 0.25) is 0 Å². The van der Waals surface area contributed by atoms with Crippen LogP contribution in [0.5, 0.6) is 0 Å². The van der Waals surface area contributed by atoms with Gasteiger partial charge in [-0.3, -0.25) is 4.79 Å². The molecule has 2 rings (SSSR count). The number of hydrogen-bond acceptors (Lipinski definition) is 3. The summed E-state index contributed by atoms with van der Waals surface area (Å²) in [6.07, 6.45) is 2.25. The third-order valence-electron chi connectivity index (χ3n) is 3.16. The molecule has 0 spiro atoms. The lowest BCUT2D eigenvalue weighted by molar-refractivity contribution is -0.143. The van der Waals surface area contributed by atoms with E-state index < -0.39 is 0 Å². The molecule has 1 aliphatic rings. The highest BCUT2D eigenvalue weighted by Gasteiger charge is 2.36. The van der Waals surface area contributed by atoms with Crippen LogP contribution in [0.3, 0.4) is 0 Å². The number of esters is 1. The fourth-order valence-electron chi connectivity index (χ4n) is 2.05. The molecular formula is C14H19NO2. The van der Waals surface area contributed by atoms with E-state index in [0.717, 1.165) is 19.4 Å². The summed E-state index contributed by atoms with van der Waals surface area (Å²) in [6.45, 7) is 2.79. The maximum Gasteiger partial charge on any atom is 0.323 e. The summed E-state index contributed by atoms with van der Waals surface area (Å²) in [7, 11) is 1.45. The average molecular weight is 233 g/mol. The Bertz CT molecular complexity index is 399. The second kappa shape index (κ2) is 5.32. The van der Waals surface area contributed by atoms with Crippen molar-refractivity contribution in [2.45, 2.75) is 32.4 Å². The highest BCUT2D eigenvalue weighted by atomic mass is 16.5. The molecule has 3 nitrogen and oxygen atoms in total. The number of benzene rings is 1. The van der Waals surface area contributed by atoms with Crippen molar-refractivity contribution in [3.63, 3.8) is 0 Å². The van der Waals surface area contributed by atoms with Gasteiger partial charge in [0.2, 0.25) is 0 Å². The SMILES string of the molecule is COC(=O)C(NCc1cccc(C)c1)C1CC1. The van der Waals surface area contributed by atoms with E-state index in [2.05, 4.69) is 30.4 Å². The Kier molecular flexibility index (Phi) is 3.79. The molecule has 1 unspecified atom stereocenters. The lowest BCUT2D eigenvalue weighted by atomic mass is 10.1. The van der Waals surface area contributed by atoms with Gasteiger partial charge in [0.1, 0.15) is 6.04 Å². The Balaban J connectivity index is 1.93. The van der Waals surface area contributed by atoms with Gasteiger partial charge in [-0.1, -0.05) is 29.8 Å². The van der Waals surface area contributed by atoms with Gasteiger partial charge >= 0.3 is 5.97 Å². The van der Waals surface area contributed by atoms with Crippen molar-refractivity contribution in [1.82, 2.24) is 5.32 Å². The lowest BCUT2D eigenvalue weighted by Crippen LogP contribution is -2.39. The monoisotopic (exact) mass is 233 g/mol. The summed E-state index contributed by atoms with van der Waals surface area (Å²) in [6, 6.07) is 8.18. The zero-order valence-corrected chi connectivity index (χ0v) is 10.4. The first kappa shape index (κ1) is 12.1. The number of rotatable bonds is 5. The van der Waals surface area contributed by atoms with E-state index in [9.17, 15) is 4.79 Å². The molecule has 1 N–H and O–H groups in total. The van der Waals surface area contributed by atoms with Crippen molar-refractivity contribution in [1.29, 1.82) is 0 Å². The van der Waals surface area contributed by atoms with Gasteiger partial charge in [0.05, 0.1) is 7.11 Å². The number of nitrogens with one attached hydrogen (secondary N) is 1. The minimum absolute atomic E-state index is 0.138. The third-order valence-corrected chi connectivity index (χ3v) is 3.16. The van der Waals surface area contributed by atoms with Crippen LogP contribution in [-0.2, 0) is 16.1 Å². The molecule has 0 bridgehead atoms. The quantitative estimate of drug-likeness (QED) is 0.791. The van der Waals surface area contributed by atoms with Gasteiger partial charge in [0, 0.05) is 6.54 Å². The van der Waals surface area contributed by atoms with Crippen LogP contribution in [0.4, 0.5) is 0 Å². The minimum atomic E-state index is -0.139. The summed E-state index contributed by atoms with van der Waals surface area (Å²) >= 11 is 0. The standard InChI is InChI=1S/C14H19NO2/c1-10-4-3-5-11(8-10)9-15-13(12-6-7-12)14(16)17-2/h3-5,8,12-13,15H,6-7,9H2,1-2H3. The normalized spacial score (nSPS) is 16.6. The van der Waals surface area contributed by atoms with Gasteiger partial charge in [-0.15, -0.1) is 0 Å². The van der Waals surface area contributed by atoms with Crippen molar-refractivity contribution < 1.29 is 9.53 Å². The zero-order chi connectivity index (χ0) is 12.3. The van der Waals surface area contributed by atoms with Crippen molar-refractivity contribution >= 4 is 5.97 Å². The van der Waals surface area contributed by atoms with E-state index >= 15 is 0 Å². The zero-order valence-electron chi connectivity index (χ0n) is 10.4. The maximum absolute atomic E-state index is 11.6. The molecule has 1 aromatic rings. The van der Waals surface area contributed by atoms with Crippen LogP contribution >= 0.6 is 0 Å². The molecule has 0 saturated heterocycles. The summed E-state index contributed by atoms with van der Waals surface area (Å²) in [5.41, 5.74) is 2.45. The Labute approximate surface area is 102 Å². The number of aryl methyl sites for hydroxylation is 1. The second-order valence-electron chi connectivity index (χ2n) is 4.71. The summed E-state index contributed by atoms with van der Waals surface area (Å²) in [5.74, 6) is 0.326. The van der Waals surface area contributed by atoms with Crippen molar-refractivity contribution in [2.24, 2.45) is 5.92 Å². The first-order chi connectivity index (χ1) is 8.20. The van der Waals surface area contributed by atoms with Gasteiger partial charge in [-0.05, 0) is 31.2 Å². The molecule has 1 saturated carbocycles. The molecule has 0 amide bonds. The van der Waals surface area contributed by atoms with E-state index in [4.69, 9.17) is 4.74 Å². The fourth-order valence-corrected chi connectivity index (χ4v) is 2.05. The average Bonchev–Trinajstić information content (AvgIpc) is 3.13. The van der Waals surface area contributed by atoms with Crippen LogP contribution in [0.1, 0.15) is 24.0 Å². The van der Waals surface area contributed by atoms with Crippen LogP contribution in [0, 0.1) is 12.8 Å². The van der Waals surface area contributed by atoms with Gasteiger partial charge in [-0.25, -0.2) is 0 Å². The van der Waals surface area contributed by atoms with Crippen LogP contribution < -0.4 is 5.32 Å². The molecule has 1 fully saturated rings. The Hall–Kier alpha value is -1.35. The first-order valence-corrected chi connectivity index (χ1v) is 6.07. The van der Waals surface area contributed by atoms with E-state index in [1.165, 1.54) is 18.2 Å². The Morgan fingerprint density at radius 1 is 1.53 bits per heavy atom. The fraction of sp³-hybridized carbons (Fsp3) is 0.500. The van der Waals surface area contributed by atoms with Gasteiger partial charge in [-0.2, -0.15) is 0 Å². The van der Waals surface area contributed by atoms with E-state index in [1.54, 1.807) is 0 Å². The molecule has 3 heteroatoms. The molecule has 1 aliphatic carbocycles. The van der Waals surface area contributed by atoms with Gasteiger partial charge in [0.25, 0.3) is 0 Å². The van der Waals surface area contributed by atoms with Gasteiger partial charge in [0.15, 0.2) is 0 Å². The highest BCUT2D eigenvalue weighted by Crippen LogP contribution is 2.33. The Morgan fingerprint density at radius 3 is 2.88 bits per heavy atom. The predicted molar refractivity (Wildman–Crippen MR) is 66.5 cm³/mol. The molecule has 0 aliphatic heterocycles. The van der Waals surface area contributed by atoms with Crippen LogP contribution in [-0.4, -0.2) is 19.1 Å².